The van der Waals surface area contributed by atoms with Gasteiger partial charge in [-0.25, -0.2) is 4.79 Å². The third-order valence-electron chi connectivity index (χ3n) is 2.55. The molecule has 70 valence electrons. The topological polar surface area (TPSA) is 66.6 Å². The van der Waals surface area contributed by atoms with Gasteiger partial charge in [-0.15, -0.1) is 0 Å². The van der Waals surface area contributed by atoms with Crippen molar-refractivity contribution in [2.45, 2.75) is 25.8 Å². The number of nitrogens with zero attached hydrogens (tertiary/aromatic N) is 1. The first-order valence-electron chi connectivity index (χ1n) is 4.34. The van der Waals surface area contributed by atoms with Gasteiger partial charge in [0.2, 0.25) is 0 Å². The molecule has 0 aliphatic carbocycles. The van der Waals surface area contributed by atoms with Crippen LogP contribution in [0.4, 0.5) is 4.79 Å². The van der Waals surface area contributed by atoms with Crippen molar-refractivity contribution in [1.29, 1.82) is 0 Å². The van der Waals surface area contributed by atoms with Gasteiger partial charge in [-0.1, -0.05) is 0 Å². The molecule has 1 amide bonds. The Morgan fingerprint density at radius 1 is 1.58 bits per heavy atom. The maximum absolute atomic E-state index is 10.5. The van der Waals surface area contributed by atoms with Crippen molar-refractivity contribution in [3.63, 3.8) is 0 Å². The van der Waals surface area contributed by atoms with E-state index in [9.17, 15) is 4.79 Å². The van der Waals surface area contributed by atoms with Gasteiger partial charge in [0, 0.05) is 19.1 Å². The average molecular weight is 172 g/mol. The van der Waals surface area contributed by atoms with E-state index >= 15 is 0 Å². The van der Waals surface area contributed by atoms with E-state index in [4.69, 9.17) is 10.8 Å². The fourth-order valence-corrected chi connectivity index (χ4v) is 1.62. The second kappa shape index (κ2) is 3.76. The molecule has 0 aromatic heterocycles. The number of hydrogen-bond donors (Lipinski definition) is 2. The van der Waals surface area contributed by atoms with Gasteiger partial charge < -0.3 is 15.7 Å². The summed E-state index contributed by atoms with van der Waals surface area (Å²) in [6, 6.07) is 0.195. The number of amides is 1. The summed E-state index contributed by atoms with van der Waals surface area (Å²) >= 11 is 0. The highest BCUT2D eigenvalue weighted by Crippen LogP contribution is 2.19. The molecule has 0 spiro atoms. The molecule has 1 aliphatic rings. The molecule has 1 fully saturated rings. The molecule has 0 bridgehead atoms. The van der Waals surface area contributed by atoms with Gasteiger partial charge >= 0.3 is 6.09 Å². The lowest BCUT2D eigenvalue weighted by molar-refractivity contribution is 0.121. The fourth-order valence-electron chi connectivity index (χ4n) is 1.62. The summed E-state index contributed by atoms with van der Waals surface area (Å²) in [6.45, 7) is 3.27. The maximum Gasteiger partial charge on any atom is 0.407 e. The molecule has 1 aliphatic heterocycles. The smallest absolute Gasteiger partial charge is 0.407 e. The predicted molar refractivity (Wildman–Crippen MR) is 46.0 cm³/mol. The second-order valence-electron chi connectivity index (χ2n) is 3.47. The summed E-state index contributed by atoms with van der Waals surface area (Å²) in [5.74, 6) is 0.501. The van der Waals surface area contributed by atoms with Crippen LogP contribution in [0.5, 0.6) is 0 Å². The molecule has 3 N–H and O–H groups in total. The van der Waals surface area contributed by atoms with E-state index in [0.717, 1.165) is 12.8 Å². The van der Waals surface area contributed by atoms with Gasteiger partial charge in [-0.3, -0.25) is 0 Å². The standard InChI is InChI=1S/C8H16N2O2/c1-6(9)7-2-4-10(5-3-7)8(11)12/h6-7H,2-5,9H2,1H3,(H,11,12). The van der Waals surface area contributed by atoms with Crippen LogP contribution in [-0.4, -0.2) is 35.2 Å². The number of hydrogen-bond acceptors (Lipinski definition) is 2. The SMILES string of the molecule is CC(N)C1CCN(C(=O)O)CC1. The van der Waals surface area contributed by atoms with Gasteiger partial charge in [-0.05, 0) is 25.7 Å². The zero-order valence-corrected chi connectivity index (χ0v) is 7.36. The van der Waals surface area contributed by atoms with Gasteiger partial charge in [0.1, 0.15) is 0 Å². The summed E-state index contributed by atoms with van der Waals surface area (Å²) < 4.78 is 0. The summed E-state index contributed by atoms with van der Waals surface area (Å²) in [5.41, 5.74) is 5.72. The molecule has 1 heterocycles. The lowest BCUT2D eigenvalue weighted by Gasteiger charge is -2.31. The third kappa shape index (κ3) is 2.11. The number of carbonyl (C=O) groups is 1. The molecular formula is C8H16N2O2. The molecule has 0 aromatic carbocycles. The fraction of sp³-hybridized carbons (Fsp3) is 0.875. The van der Waals surface area contributed by atoms with Crippen molar-refractivity contribution >= 4 is 6.09 Å². The maximum atomic E-state index is 10.5. The molecule has 1 saturated heterocycles. The largest absolute Gasteiger partial charge is 0.465 e. The minimum Gasteiger partial charge on any atom is -0.465 e. The van der Waals surface area contributed by atoms with Crippen LogP contribution in [0.1, 0.15) is 19.8 Å². The Morgan fingerprint density at radius 2 is 2.08 bits per heavy atom. The zero-order valence-electron chi connectivity index (χ0n) is 7.36. The van der Waals surface area contributed by atoms with Gasteiger partial charge in [-0.2, -0.15) is 0 Å². The first-order chi connectivity index (χ1) is 5.61. The molecule has 4 heteroatoms. The van der Waals surface area contributed by atoms with Crippen molar-refractivity contribution in [3.05, 3.63) is 0 Å². The number of carboxylic acid groups (broad SMARTS) is 1. The highest BCUT2D eigenvalue weighted by Gasteiger charge is 2.23. The Kier molecular flexibility index (Phi) is 2.92. The lowest BCUT2D eigenvalue weighted by Crippen LogP contribution is -2.41. The van der Waals surface area contributed by atoms with Crippen LogP contribution in [0.3, 0.4) is 0 Å². The van der Waals surface area contributed by atoms with Crippen molar-refractivity contribution in [2.75, 3.05) is 13.1 Å². The van der Waals surface area contributed by atoms with E-state index in [1.165, 1.54) is 4.90 Å². The number of nitrogens with two attached hydrogens (primary N) is 1. The van der Waals surface area contributed by atoms with Gasteiger partial charge in [0.25, 0.3) is 0 Å². The minimum atomic E-state index is -0.807. The van der Waals surface area contributed by atoms with E-state index in [-0.39, 0.29) is 6.04 Å². The van der Waals surface area contributed by atoms with Crippen molar-refractivity contribution in [1.82, 2.24) is 4.90 Å². The summed E-state index contributed by atoms with van der Waals surface area (Å²) in [7, 11) is 0. The lowest BCUT2D eigenvalue weighted by atomic mass is 9.91. The number of rotatable bonds is 1. The average Bonchev–Trinajstić information content (AvgIpc) is 2.04. The van der Waals surface area contributed by atoms with E-state index < -0.39 is 6.09 Å². The van der Waals surface area contributed by atoms with Crippen molar-refractivity contribution in [2.24, 2.45) is 11.7 Å². The predicted octanol–water partition coefficient (Wildman–Crippen LogP) is 0.724. The number of likely N-dealkylation sites (tertiary alicyclic amines) is 1. The van der Waals surface area contributed by atoms with E-state index in [0.29, 0.717) is 19.0 Å². The Morgan fingerprint density at radius 3 is 2.42 bits per heavy atom. The minimum absolute atomic E-state index is 0.195. The zero-order chi connectivity index (χ0) is 9.14. The Bertz CT molecular complexity index is 162. The van der Waals surface area contributed by atoms with Gasteiger partial charge in [0.05, 0.1) is 0 Å². The Balaban J connectivity index is 2.34. The number of piperidine rings is 1. The van der Waals surface area contributed by atoms with Crippen LogP contribution in [0.15, 0.2) is 0 Å². The molecule has 1 atom stereocenters. The molecule has 0 radical (unpaired) electrons. The molecule has 12 heavy (non-hydrogen) atoms. The van der Waals surface area contributed by atoms with Crippen molar-refractivity contribution in [3.8, 4) is 0 Å². The third-order valence-corrected chi connectivity index (χ3v) is 2.55. The normalized spacial score (nSPS) is 22.3. The highest BCUT2D eigenvalue weighted by atomic mass is 16.4. The molecular weight excluding hydrogens is 156 g/mol. The van der Waals surface area contributed by atoms with E-state index in [2.05, 4.69) is 0 Å². The summed E-state index contributed by atoms with van der Waals surface area (Å²) in [4.78, 5) is 12.0. The quantitative estimate of drug-likeness (QED) is 0.612. The van der Waals surface area contributed by atoms with E-state index in [1.54, 1.807) is 0 Å². The molecule has 4 nitrogen and oxygen atoms in total. The van der Waals surface area contributed by atoms with Crippen LogP contribution in [0, 0.1) is 5.92 Å². The van der Waals surface area contributed by atoms with Crippen molar-refractivity contribution < 1.29 is 9.90 Å². The van der Waals surface area contributed by atoms with Gasteiger partial charge in [0.15, 0.2) is 0 Å². The summed E-state index contributed by atoms with van der Waals surface area (Å²) in [6.07, 6.45) is 1.01. The Hall–Kier alpha value is -0.770. The molecule has 1 rings (SSSR count). The second-order valence-corrected chi connectivity index (χ2v) is 3.47. The molecule has 0 aromatic rings. The van der Waals surface area contributed by atoms with Crippen LogP contribution in [0.2, 0.25) is 0 Å². The van der Waals surface area contributed by atoms with E-state index in [1.807, 2.05) is 6.92 Å². The van der Waals surface area contributed by atoms with Crippen LogP contribution >= 0.6 is 0 Å². The Labute approximate surface area is 72.3 Å². The summed E-state index contributed by atoms with van der Waals surface area (Å²) in [5, 5.41) is 8.66. The monoisotopic (exact) mass is 172 g/mol. The highest BCUT2D eigenvalue weighted by molar-refractivity contribution is 5.64. The first-order valence-corrected chi connectivity index (χ1v) is 4.34. The van der Waals surface area contributed by atoms with Crippen LogP contribution in [-0.2, 0) is 0 Å². The van der Waals surface area contributed by atoms with Crippen LogP contribution < -0.4 is 5.73 Å². The first kappa shape index (κ1) is 9.32. The molecule has 1 unspecified atom stereocenters. The van der Waals surface area contributed by atoms with Crippen LogP contribution in [0.25, 0.3) is 0 Å². The molecule has 0 saturated carbocycles.